The Bertz CT molecular complexity index is 871. The quantitative estimate of drug-likeness (QED) is 0.496. The summed E-state index contributed by atoms with van der Waals surface area (Å²) in [4.78, 5) is 12.7. The van der Waals surface area contributed by atoms with Gasteiger partial charge in [0.15, 0.2) is 5.96 Å². The molecule has 3 aromatic rings. The topological polar surface area (TPSA) is 106 Å². The van der Waals surface area contributed by atoms with E-state index in [1.54, 1.807) is 23.9 Å². The molecule has 0 aliphatic heterocycles. The van der Waals surface area contributed by atoms with Crippen LogP contribution in [-0.2, 0) is 20.0 Å². The Hall–Kier alpha value is -2.94. The fraction of sp³-hybridized carbons (Fsp3) is 0.312. The predicted octanol–water partition coefficient (Wildman–Crippen LogP) is 1.43. The molecule has 2 aromatic heterocycles. The standard InChI is InChI=1S/C16H19ClN8O/c1-18-16(20-9-13-21-10-22-25(13)2)19-8-7-14-23-15(24-26-14)11-3-5-12(17)6-4-11/h3-6,10H,7-9H2,1-2H3,(H2,18,19,20). The summed E-state index contributed by atoms with van der Waals surface area (Å²) in [5.41, 5.74) is 0.860. The molecule has 0 aliphatic rings. The van der Waals surface area contributed by atoms with E-state index in [4.69, 9.17) is 16.1 Å². The van der Waals surface area contributed by atoms with Gasteiger partial charge in [0.25, 0.3) is 0 Å². The molecule has 0 atom stereocenters. The molecule has 0 unspecified atom stereocenters. The number of aryl methyl sites for hydroxylation is 1. The maximum absolute atomic E-state index is 5.88. The molecule has 136 valence electrons. The highest BCUT2D eigenvalue weighted by molar-refractivity contribution is 6.30. The summed E-state index contributed by atoms with van der Waals surface area (Å²) in [7, 11) is 3.55. The summed E-state index contributed by atoms with van der Waals surface area (Å²) in [5, 5.41) is 15.1. The van der Waals surface area contributed by atoms with Gasteiger partial charge in [-0.2, -0.15) is 10.1 Å². The van der Waals surface area contributed by atoms with E-state index in [2.05, 4.69) is 35.8 Å². The largest absolute Gasteiger partial charge is 0.356 e. The molecule has 0 aliphatic carbocycles. The van der Waals surface area contributed by atoms with Crippen molar-refractivity contribution in [2.24, 2.45) is 12.0 Å². The van der Waals surface area contributed by atoms with Gasteiger partial charge >= 0.3 is 0 Å². The maximum atomic E-state index is 5.88. The van der Waals surface area contributed by atoms with Crippen LogP contribution in [0.25, 0.3) is 11.4 Å². The van der Waals surface area contributed by atoms with Crippen LogP contribution in [-0.4, -0.2) is 44.5 Å². The monoisotopic (exact) mass is 374 g/mol. The molecule has 0 fully saturated rings. The van der Waals surface area contributed by atoms with Crippen molar-refractivity contribution >= 4 is 17.6 Å². The second kappa shape index (κ2) is 8.43. The first-order valence-electron chi connectivity index (χ1n) is 8.01. The summed E-state index contributed by atoms with van der Waals surface area (Å²) in [6.45, 7) is 1.12. The third kappa shape index (κ3) is 4.57. The number of guanidine groups is 1. The Morgan fingerprint density at radius 3 is 2.77 bits per heavy atom. The molecule has 26 heavy (non-hydrogen) atoms. The molecule has 0 spiro atoms. The van der Waals surface area contributed by atoms with Crippen LogP contribution in [0.1, 0.15) is 11.7 Å². The van der Waals surface area contributed by atoms with Crippen LogP contribution in [0.15, 0.2) is 40.1 Å². The number of hydrogen-bond acceptors (Lipinski definition) is 6. The van der Waals surface area contributed by atoms with E-state index in [-0.39, 0.29) is 0 Å². The molecule has 0 saturated heterocycles. The van der Waals surface area contributed by atoms with E-state index in [1.165, 1.54) is 6.33 Å². The van der Waals surface area contributed by atoms with Crippen molar-refractivity contribution in [1.82, 2.24) is 35.5 Å². The molecule has 1 aromatic carbocycles. The van der Waals surface area contributed by atoms with Gasteiger partial charge in [-0.1, -0.05) is 16.8 Å². The highest BCUT2D eigenvalue weighted by Gasteiger charge is 2.09. The predicted molar refractivity (Wildman–Crippen MR) is 97.7 cm³/mol. The molecule has 10 heteroatoms. The number of halogens is 1. The van der Waals surface area contributed by atoms with Crippen LogP contribution in [0.5, 0.6) is 0 Å². The highest BCUT2D eigenvalue weighted by Crippen LogP contribution is 2.18. The number of nitrogens with one attached hydrogen (secondary N) is 2. The van der Waals surface area contributed by atoms with Gasteiger partial charge in [0, 0.05) is 37.6 Å². The van der Waals surface area contributed by atoms with E-state index in [0.29, 0.717) is 42.2 Å². The third-order valence-electron chi connectivity index (χ3n) is 3.64. The Morgan fingerprint density at radius 2 is 2.08 bits per heavy atom. The van der Waals surface area contributed by atoms with Gasteiger partial charge in [0.1, 0.15) is 12.2 Å². The Labute approximate surface area is 155 Å². The Morgan fingerprint density at radius 1 is 1.27 bits per heavy atom. The first-order chi connectivity index (χ1) is 12.7. The fourth-order valence-electron chi connectivity index (χ4n) is 2.22. The molecular formula is C16H19ClN8O. The van der Waals surface area contributed by atoms with Crippen LogP contribution in [0.4, 0.5) is 0 Å². The lowest BCUT2D eigenvalue weighted by Crippen LogP contribution is -2.38. The zero-order chi connectivity index (χ0) is 18.4. The molecule has 2 N–H and O–H groups in total. The van der Waals surface area contributed by atoms with Gasteiger partial charge in [-0.25, -0.2) is 4.98 Å². The minimum Gasteiger partial charge on any atom is -0.356 e. The number of hydrogen-bond donors (Lipinski definition) is 2. The van der Waals surface area contributed by atoms with Crippen LogP contribution in [0, 0.1) is 0 Å². The van der Waals surface area contributed by atoms with Gasteiger partial charge in [-0.05, 0) is 24.3 Å². The summed E-state index contributed by atoms with van der Waals surface area (Å²) >= 11 is 5.88. The first kappa shape index (κ1) is 17.9. The molecule has 3 rings (SSSR count). The van der Waals surface area contributed by atoms with Crippen LogP contribution in [0.3, 0.4) is 0 Å². The molecule has 2 heterocycles. The molecule has 0 radical (unpaired) electrons. The smallest absolute Gasteiger partial charge is 0.228 e. The summed E-state index contributed by atoms with van der Waals surface area (Å²) < 4.78 is 6.99. The zero-order valence-corrected chi connectivity index (χ0v) is 15.2. The van der Waals surface area contributed by atoms with Gasteiger partial charge in [-0.15, -0.1) is 0 Å². The molecule has 0 bridgehead atoms. The van der Waals surface area contributed by atoms with E-state index in [9.17, 15) is 0 Å². The number of benzene rings is 1. The van der Waals surface area contributed by atoms with Gasteiger partial charge < -0.3 is 15.2 Å². The highest BCUT2D eigenvalue weighted by atomic mass is 35.5. The number of nitrogens with zero attached hydrogens (tertiary/aromatic N) is 6. The van der Waals surface area contributed by atoms with E-state index in [0.717, 1.165) is 11.4 Å². The number of aromatic nitrogens is 5. The zero-order valence-electron chi connectivity index (χ0n) is 14.5. The number of aliphatic imine (C=N–C) groups is 1. The van der Waals surface area contributed by atoms with E-state index >= 15 is 0 Å². The summed E-state index contributed by atoms with van der Waals surface area (Å²) in [6, 6.07) is 7.30. The van der Waals surface area contributed by atoms with Crippen molar-refractivity contribution in [3.63, 3.8) is 0 Å². The molecular weight excluding hydrogens is 356 g/mol. The summed E-state index contributed by atoms with van der Waals surface area (Å²) in [6.07, 6.45) is 2.09. The minimum atomic E-state index is 0.525. The average Bonchev–Trinajstić information content (AvgIpc) is 3.28. The first-order valence-corrected chi connectivity index (χ1v) is 8.39. The van der Waals surface area contributed by atoms with Crippen molar-refractivity contribution in [2.75, 3.05) is 13.6 Å². The van der Waals surface area contributed by atoms with Crippen LogP contribution in [0.2, 0.25) is 5.02 Å². The second-order valence-corrected chi connectivity index (χ2v) is 5.86. The Balaban J connectivity index is 1.48. The lowest BCUT2D eigenvalue weighted by Gasteiger charge is -2.10. The molecule has 0 saturated carbocycles. The van der Waals surface area contributed by atoms with Crippen molar-refractivity contribution in [1.29, 1.82) is 0 Å². The molecule has 9 nitrogen and oxygen atoms in total. The third-order valence-corrected chi connectivity index (χ3v) is 3.90. The van der Waals surface area contributed by atoms with Gasteiger partial charge in [0.05, 0.1) is 6.54 Å². The van der Waals surface area contributed by atoms with Crippen molar-refractivity contribution in [3.05, 3.63) is 47.3 Å². The second-order valence-electron chi connectivity index (χ2n) is 5.42. The van der Waals surface area contributed by atoms with Crippen LogP contribution < -0.4 is 10.6 Å². The van der Waals surface area contributed by atoms with Crippen LogP contribution >= 0.6 is 11.6 Å². The van der Waals surface area contributed by atoms with E-state index < -0.39 is 0 Å². The SMILES string of the molecule is CN=C(NCCc1nc(-c2ccc(Cl)cc2)no1)NCc1ncnn1C. The lowest BCUT2D eigenvalue weighted by atomic mass is 10.2. The van der Waals surface area contributed by atoms with Gasteiger partial charge in [-0.3, -0.25) is 9.67 Å². The van der Waals surface area contributed by atoms with Gasteiger partial charge in [0.2, 0.25) is 11.7 Å². The molecule has 0 amide bonds. The van der Waals surface area contributed by atoms with Crippen molar-refractivity contribution in [2.45, 2.75) is 13.0 Å². The maximum Gasteiger partial charge on any atom is 0.228 e. The lowest BCUT2D eigenvalue weighted by molar-refractivity contribution is 0.378. The normalized spacial score (nSPS) is 11.6. The average molecular weight is 375 g/mol. The number of rotatable bonds is 6. The van der Waals surface area contributed by atoms with Crippen molar-refractivity contribution < 1.29 is 4.52 Å². The minimum absolute atomic E-state index is 0.525. The fourth-order valence-corrected chi connectivity index (χ4v) is 2.35. The Kier molecular flexibility index (Phi) is 5.80. The summed E-state index contributed by atoms with van der Waals surface area (Å²) in [5.74, 6) is 2.57. The van der Waals surface area contributed by atoms with Crippen molar-refractivity contribution in [3.8, 4) is 11.4 Å². The van der Waals surface area contributed by atoms with E-state index in [1.807, 2.05) is 19.2 Å².